The van der Waals surface area contributed by atoms with Crippen LogP contribution in [0.2, 0.25) is 0 Å². The molecule has 16 heavy (non-hydrogen) atoms. The molecule has 1 aromatic rings. The fourth-order valence-corrected chi connectivity index (χ4v) is 1.23. The van der Waals surface area contributed by atoms with E-state index in [0.29, 0.717) is 10.3 Å². The van der Waals surface area contributed by atoms with Gasteiger partial charge in [0.05, 0.1) is 24.3 Å². The Bertz CT molecular complexity index is 393. The minimum atomic E-state index is -0.943. The van der Waals surface area contributed by atoms with Gasteiger partial charge >= 0.3 is 0 Å². The Morgan fingerprint density at radius 3 is 2.69 bits per heavy atom. The molecule has 1 atom stereocenters. The van der Waals surface area contributed by atoms with Crippen molar-refractivity contribution in [3.8, 4) is 0 Å². The molecule has 0 aromatic carbocycles. The molecule has 0 aliphatic rings. The van der Waals surface area contributed by atoms with Crippen LogP contribution in [-0.2, 0) is 9.59 Å². The molecule has 0 spiro atoms. The summed E-state index contributed by atoms with van der Waals surface area (Å²) in [6.07, 6.45) is 1.29. The van der Waals surface area contributed by atoms with Crippen LogP contribution in [0.1, 0.15) is 6.42 Å². The standard InChI is InChI=1S/C9H11BrN4O2/c10-7-2-1-5(4-13-7)14-9(16)6(11)3-8(12)15/h1-2,4,6H,3,11H2,(H2,12,15)(H,14,16). The Kier molecular flexibility index (Phi) is 4.39. The molecule has 0 bridgehead atoms. The van der Waals surface area contributed by atoms with Gasteiger partial charge in [0.25, 0.3) is 0 Å². The lowest BCUT2D eigenvalue weighted by Gasteiger charge is -2.10. The van der Waals surface area contributed by atoms with Crippen molar-refractivity contribution in [1.82, 2.24) is 4.98 Å². The average molecular weight is 287 g/mol. The van der Waals surface area contributed by atoms with Crippen molar-refractivity contribution in [2.24, 2.45) is 11.5 Å². The molecular weight excluding hydrogens is 276 g/mol. The Morgan fingerprint density at radius 1 is 1.50 bits per heavy atom. The van der Waals surface area contributed by atoms with Gasteiger partial charge in [-0.05, 0) is 28.1 Å². The summed E-state index contributed by atoms with van der Waals surface area (Å²) in [5.41, 5.74) is 10.9. The molecule has 5 N–H and O–H groups in total. The predicted molar refractivity (Wildman–Crippen MR) is 62.4 cm³/mol. The zero-order chi connectivity index (χ0) is 12.1. The highest BCUT2D eigenvalue weighted by atomic mass is 79.9. The normalized spacial score (nSPS) is 11.9. The van der Waals surface area contributed by atoms with Gasteiger partial charge in [0.1, 0.15) is 4.60 Å². The molecule has 0 aliphatic heterocycles. The molecule has 1 aromatic heterocycles. The number of hydrogen-bond donors (Lipinski definition) is 3. The number of nitrogens with two attached hydrogens (primary N) is 2. The number of amides is 2. The van der Waals surface area contributed by atoms with Crippen molar-refractivity contribution in [3.63, 3.8) is 0 Å². The van der Waals surface area contributed by atoms with Crippen molar-refractivity contribution in [1.29, 1.82) is 0 Å². The van der Waals surface area contributed by atoms with Crippen LogP contribution in [0.3, 0.4) is 0 Å². The van der Waals surface area contributed by atoms with Crippen molar-refractivity contribution in [3.05, 3.63) is 22.9 Å². The third kappa shape index (κ3) is 3.95. The van der Waals surface area contributed by atoms with Gasteiger partial charge in [-0.25, -0.2) is 4.98 Å². The molecule has 6 nitrogen and oxygen atoms in total. The molecule has 0 fully saturated rings. The quantitative estimate of drug-likeness (QED) is 0.676. The van der Waals surface area contributed by atoms with Crippen LogP contribution in [-0.4, -0.2) is 22.8 Å². The highest BCUT2D eigenvalue weighted by Crippen LogP contribution is 2.10. The summed E-state index contributed by atoms with van der Waals surface area (Å²) in [6, 6.07) is 2.39. The van der Waals surface area contributed by atoms with Crippen LogP contribution in [0, 0.1) is 0 Å². The molecule has 2 amide bonds. The summed E-state index contributed by atoms with van der Waals surface area (Å²) in [5, 5.41) is 2.52. The topological polar surface area (TPSA) is 111 Å². The number of halogens is 1. The molecule has 0 radical (unpaired) electrons. The number of rotatable bonds is 4. The van der Waals surface area contributed by atoms with Gasteiger partial charge in [-0.1, -0.05) is 0 Å². The lowest BCUT2D eigenvalue weighted by molar-refractivity contribution is -0.123. The highest BCUT2D eigenvalue weighted by Gasteiger charge is 2.15. The molecular formula is C9H11BrN4O2. The van der Waals surface area contributed by atoms with E-state index in [4.69, 9.17) is 11.5 Å². The summed E-state index contributed by atoms with van der Waals surface area (Å²) in [7, 11) is 0. The van der Waals surface area contributed by atoms with E-state index in [-0.39, 0.29) is 6.42 Å². The van der Waals surface area contributed by atoms with Gasteiger partial charge < -0.3 is 16.8 Å². The van der Waals surface area contributed by atoms with E-state index < -0.39 is 17.9 Å². The maximum Gasteiger partial charge on any atom is 0.241 e. The first-order valence-electron chi connectivity index (χ1n) is 4.45. The Hall–Kier alpha value is -1.47. The van der Waals surface area contributed by atoms with E-state index in [0.717, 1.165) is 0 Å². The van der Waals surface area contributed by atoms with E-state index in [1.165, 1.54) is 6.20 Å². The number of carbonyl (C=O) groups is 2. The lowest BCUT2D eigenvalue weighted by atomic mass is 10.2. The fraction of sp³-hybridized carbons (Fsp3) is 0.222. The van der Waals surface area contributed by atoms with Crippen LogP contribution in [0.15, 0.2) is 22.9 Å². The van der Waals surface area contributed by atoms with Crippen LogP contribution in [0.25, 0.3) is 0 Å². The maximum atomic E-state index is 11.4. The van der Waals surface area contributed by atoms with Crippen LogP contribution < -0.4 is 16.8 Å². The largest absolute Gasteiger partial charge is 0.370 e. The highest BCUT2D eigenvalue weighted by molar-refractivity contribution is 9.10. The van der Waals surface area contributed by atoms with Crippen LogP contribution in [0.4, 0.5) is 5.69 Å². The monoisotopic (exact) mass is 286 g/mol. The van der Waals surface area contributed by atoms with Crippen molar-refractivity contribution in [2.45, 2.75) is 12.5 Å². The van der Waals surface area contributed by atoms with Gasteiger partial charge in [-0.15, -0.1) is 0 Å². The summed E-state index contributed by atoms with van der Waals surface area (Å²) >= 11 is 3.16. The zero-order valence-electron chi connectivity index (χ0n) is 8.31. The van der Waals surface area contributed by atoms with E-state index in [1.54, 1.807) is 12.1 Å². The number of carbonyl (C=O) groups excluding carboxylic acids is 2. The number of pyridine rings is 1. The minimum Gasteiger partial charge on any atom is -0.370 e. The summed E-state index contributed by atoms with van der Waals surface area (Å²) in [5.74, 6) is -1.08. The number of primary amides is 1. The molecule has 86 valence electrons. The number of nitrogens with zero attached hydrogens (tertiary/aromatic N) is 1. The van der Waals surface area contributed by atoms with Gasteiger partial charge in [-0.2, -0.15) is 0 Å². The second kappa shape index (κ2) is 5.57. The number of anilines is 1. The second-order valence-corrected chi connectivity index (χ2v) is 3.95. The third-order valence-electron chi connectivity index (χ3n) is 1.75. The summed E-state index contributed by atoms with van der Waals surface area (Å²) in [4.78, 5) is 25.9. The van der Waals surface area contributed by atoms with Crippen molar-refractivity contribution >= 4 is 33.4 Å². The number of aromatic nitrogens is 1. The first-order valence-corrected chi connectivity index (χ1v) is 5.24. The van der Waals surface area contributed by atoms with E-state index >= 15 is 0 Å². The Balaban J connectivity index is 2.57. The lowest BCUT2D eigenvalue weighted by Crippen LogP contribution is -2.39. The van der Waals surface area contributed by atoms with E-state index in [9.17, 15) is 9.59 Å². The zero-order valence-corrected chi connectivity index (χ0v) is 9.90. The molecule has 0 saturated heterocycles. The van der Waals surface area contributed by atoms with E-state index in [1.807, 2.05) is 0 Å². The predicted octanol–water partition coefficient (Wildman–Crippen LogP) is -0.0147. The van der Waals surface area contributed by atoms with Crippen LogP contribution in [0.5, 0.6) is 0 Å². The van der Waals surface area contributed by atoms with Crippen molar-refractivity contribution in [2.75, 3.05) is 5.32 Å². The smallest absolute Gasteiger partial charge is 0.241 e. The summed E-state index contributed by atoms with van der Waals surface area (Å²) in [6.45, 7) is 0. The summed E-state index contributed by atoms with van der Waals surface area (Å²) < 4.78 is 0.659. The van der Waals surface area contributed by atoms with Gasteiger partial charge in [0.15, 0.2) is 0 Å². The van der Waals surface area contributed by atoms with Gasteiger partial charge in [-0.3, -0.25) is 9.59 Å². The third-order valence-corrected chi connectivity index (χ3v) is 2.22. The van der Waals surface area contributed by atoms with Crippen LogP contribution >= 0.6 is 15.9 Å². The number of nitrogens with one attached hydrogen (secondary N) is 1. The average Bonchev–Trinajstić information content (AvgIpc) is 2.20. The van der Waals surface area contributed by atoms with Crippen molar-refractivity contribution < 1.29 is 9.59 Å². The molecule has 0 aliphatic carbocycles. The second-order valence-electron chi connectivity index (χ2n) is 3.14. The fourth-order valence-electron chi connectivity index (χ4n) is 0.994. The molecule has 0 saturated carbocycles. The van der Waals surface area contributed by atoms with E-state index in [2.05, 4.69) is 26.2 Å². The number of hydrogen-bond acceptors (Lipinski definition) is 4. The first kappa shape index (κ1) is 12.6. The van der Waals surface area contributed by atoms with Gasteiger partial charge in [0.2, 0.25) is 11.8 Å². The maximum absolute atomic E-state index is 11.4. The molecule has 1 unspecified atom stereocenters. The molecule has 7 heteroatoms. The van der Waals surface area contributed by atoms with Gasteiger partial charge in [0, 0.05) is 0 Å². The first-order chi connectivity index (χ1) is 7.49. The Labute approximate surface area is 101 Å². The molecule has 1 rings (SSSR count). The Morgan fingerprint density at radius 2 is 2.19 bits per heavy atom. The minimum absolute atomic E-state index is 0.185. The SMILES string of the molecule is NC(=O)CC(N)C(=O)Nc1ccc(Br)nc1. The molecule has 1 heterocycles.